The molecule has 0 aliphatic heterocycles. The van der Waals surface area contributed by atoms with Crippen LogP contribution >= 0.6 is 0 Å². The first-order valence-corrected chi connectivity index (χ1v) is 3.22. The third-order valence-corrected chi connectivity index (χ3v) is 1.30. The highest BCUT2D eigenvalue weighted by Gasteiger charge is 1.95. The van der Waals surface area contributed by atoms with E-state index in [1.165, 1.54) is 12.4 Å². The SMILES string of the molecule is N=C/C(=C\N)c1ccccn1. The Morgan fingerprint density at radius 2 is 2.36 bits per heavy atom. The van der Waals surface area contributed by atoms with Crippen LogP contribution in [0.3, 0.4) is 0 Å². The number of nitrogens with one attached hydrogen (secondary N) is 1. The highest BCUT2D eigenvalue weighted by Crippen LogP contribution is 2.05. The van der Waals surface area contributed by atoms with E-state index in [-0.39, 0.29) is 0 Å². The van der Waals surface area contributed by atoms with Crippen LogP contribution in [0.1, 0.15) is 5.69 Å². The molecule has 0 amide bonds. The normalized spacial score (nSPS) is 11.1. The molecule has 0 bridgehead atoms. The zero-order valence-corrected chi connectivity index (χ0v) is 5.99. The fourth-order valence-electron chi connectivity index (χ4n) is 0.741. The minimum absolute atomic E-state index is 0.630. The summed E-state index contributed by atoms with van der Waals surface area (Å²) in [6, 6.07) is 5.49. The van der Waals surface area contributed by atoms with Crippen molar-refractivity contribution in [2.75, 3.05) is 0 Å². The quantitative estimate of drug-likeness (QED) is 0.614. The fraction of sp³-hybridized carbons (Fsp3) is 0. The summed E-state index contributed by atoms with van der Waals surface area (Å²) in [6.45, 7) is 0. The lowest BCUT2D eigenvalue weighted by Crippen LogP contribution is -1.92. The standard InChI is InChI=1S/C8H9N3/c9-5-7(6-10)8-3-1-2-4-11-8/h1-6,9H,10H2/b7-6+,9-5?. The van der Waals surface area contributed by atoms with Gasteiger partial charge in [-0.25, -0.2) is 0 Å². The predicted octanol–water partition coefficient (Wildman–Crippen LogP) is 1.03. The van der Waals surface area contributed by atoms with Gasteiger partial charge in [0.1, 0.15) is 0 Å². The fourth-order valence-corrected chi connectivity index (χ4v) is 0.741. The molecule has 0 atom stereocenters. The Morgan fingerprint density at radius 3 is 2.82 bits per heavy atom. The molecule has 0 saturated carbocycles. The number of pyridine rings is 1. The highest BCUT2D eigenvalue weighted by atomic mass is 14.7. The predicted molar refractivity (Wildman–Crippen MR) is 45.2 cm³/mol. The van der Waals surface area contributed by atoms with Crippen LogP contribution in [0.4, 0.5) is 0 Å². The second-order valence-electron chi connectivity index (χ2n) is 1.98. The lowest BCUT2D eigenvalue weighted by atomic mass is 10.2. The van der Waals surface area contributed by atoms with Crippen molar-refractivity contribution in [1.82, 2.24) is 4.98 Å². The third-order valence-electron chi connectivity index (χ3n) is 1.30. The summed E-state index contributed by atoms with van der Waals surface area (Å²) in [7, 11) is 0. The summed E-state index contributed by atoms with van der Waals surface area (Å²) in [5, 5.41) is 6.98. The maximum absolute atomic E-state index is 6.98. The molecule has 56 valence electrons. The molecule has 3 N–H and O–H groups in total. The lowest BCUT2D eigenvalue weighted by molar-refractivity contribution is 1.28. The van der Waals surface area contributed by atoms with Gasteiger partial charge in [0.05, 0.1) is 5.69 Å². The molecule has 0 spiro atoms. The van der Waals surface area contributed by atoms with Gasteiger partial charge in [-0.05, 0) is 12.1 Å². The zero-order chi connectivity index (χ0) is 8.10. The Kier molecular flexibility index (Phi) is 2.38. The molecule has 1 aromatic heterocycles. The van der Waals surface area contributed by atoms with E-state index in [0.29, 0.717) is 5.57 Å². The summed E-state index contributed by atoms with van der Waals surface area (Å²) >= 11 is 0. The topological polar surface area (TPSA) is 62.8 Å². The van der Waals surface area contributed by atoms with Gasteiger partial charge in [0.25, 0.3) is 0 Å². The zero-order valence-electron chi connectivity index (χ0n) is 5.99. The van der Waals surface area contributed by atoms with Crippen LogP contribution in [0.25, 0.3) is 5.57 Å². The van der Waals surface area contributed by atoms with Crippen LogP contribution in [0.15, 0.2) is 30.6 Å². The van der Waals surface area contributed by atoms with Gasteiger partial charge in [-0.1, -0.05) is 6.07 Å². The van der Waals surface area contributed by atoms with E-state index in [9.17, 15) is 0 Å². The average molecular weight is 147 g/mol. The van der Waals surface area contributed by atoms with Crippen LogP contribution in [-0.2, 0) is 0 Å². The molecule has 1 rings (SSSR count). The van der Waals surface area contributed by atoms with Gasteiger partial charge in [-0.3, -0.25) is 4.98 Å². The first kappa shape index (κ1) is 7.47. The Bertz CT molecular complexity index is 264. The largest absolute Gasteiger partial charge is 0.404 e. The number of allylic oxidation sites excluding steroid dienone is 1. The number of nitrogens with zero attached hydrogens (tertiary/aromatic N) is 1. The van der Waals surface area contributed by atoms with Gasteiger partial charge in [-0.2, -0.15) is 0 Å². The molecule has 0 unspecified atom stereocenters. The average Bonchev–Trinajstić information content (AvgIpc) is 2.09. The van der Waals surface area contributed by atoms with Crippen molar-refractivity contribution in [3.05, 3.63) is 36.3 Å². The molecule has 1 aromatic rings. The first-order chi connectivity index (χ1) is 5.38. The first-order valence-electron chi connectivity index (χ1n) is 3.22. The monoisotopic (exact) mass is 147 g/mol. The van der Waals surface area contributed by atoms with E-state index in [2.05, 4.69) is 4.98 Å². The molecule has 0 saturated heterocycles. The molecule has 11 heavy (non-hydrogen) atoms. The van der Waals surface area contributed by atoms with Crippen molar-refractivity contribution < 1.29 is 0 Å². The summed E-state index contributed by atoms with van der Waals surface area (Å²) in [5.41, 5.74) is 6.62. The van der Waals surface area contributed by atoms with Crippen molar-refractivity contribution in [3.63, 3.8) is 0 Å². The Morgan fingerprint density at radius 1 is 1.55 bits per heavy atom. The molecular formula is C8H9N3. The number of nitrogens with two attached hydrogens (primary N) is 1. The molecule has 3 nitrogen and oxygen atoms in total. The van der Waals surface area contributed by atoms with Gasteiger partial charge < -0.3 is 11.1 Å². The van der Waals surface area contributed by atoms with E-state index in [0.717, 1.165) is 5.69 Å². The number of hydrogen-bond acceptors (Lipinski definition) is 3. The smallest absolute Gasteiger partial charge is 0.0731 e. The lowest BCUT2D eigenvalue weighted by Gasteiger charge is -1.96. The summed E-state index contributed by atoms with van der Waals surface area (Å²) < 4.78 is 0. The minimum atomic E-state index is 0.630. The minimum Gasteiger partial charge on any atom is -0.404 e. The molecule has 1 heterocycles. The van der Waals surface area contributed by atoms with E-state index in [1.54, 1.807) is 6.20 Å². The number of aromatic nitrogens is 1. The Labute approximate surface area is 65.1 Å². The molecule has 3 heteroatoms. The van der Waals surface area contributed by atoms with Crippen LogP contribution in [0.2, 0.25) is 0 Å². The van der Waals surface area contributed by atoms with Gasteiger partial charge in [-0.15, -0.1) is 0 Å². The van der Waals surface area contributed by atoms with Crippen molar-refractivity contribution in [2.45, 2.75) is 0 Å². The summed E-state index contributed by atoms with van der Waals surface area (Å²) in [5.74, 6) is 0. The van der Waals surface area contributed by atoms with E-state index in [4.69, 9.17) is 11.1 Å². The van der Waals surface area contributed by atoms with E-state index < -0.39 is 0 Å². The molecule has 0 aliphatic rings. The highest BCUT2D eigenvalue weighted by molar-refractivity contribution is 6.07. The maximum atomic E-state index is 6.98. The molecule has 0 radical (unpaired) electrons. The van der Waals surface area contributed by atoms with Crippen LogP contribution in [-0.4, -0.2) is 11.2 Å². The van der Waals surface area contributed by atoms with Gasteiger partial charge in [0, 0.05) is 24.2 Å². The Balaban J connectivity index is 3.01. The molecule has 0 aliphatic carbocycles. The van der Waals surface area contributed by atoms with Crippen molar-refractivity contribution >= 4 is 11.8 Å². The van der Waals surface area contributed by atoms with Crippen LogP contribution in [0.5, 0.6) is 0 Å². The number of hydrogen-bond donors (Lipinski definition) is 2. The Hall–Kier alpha value is -1.64. The summed E-state index contributed by atoms with van der Waals surface area (Å²) in [4.78, 5) is 4.02. The van der Waals surface area contributed by atoms with E-state index in [1.807, 2.05) is 18.2 Å². The second-order valence-corrected chi connectivity index (χ2v) is 1.98. The summed E-state index contributed by atoms with van der Waals surface area (Å²) in [6.07, 6.45) is 4.22. The molecule has 0 fully saturated rings. The van der Waals surface area contributed by atoms with Crippen LogP contribution in [0, 0.1) is 5.41 Å². The molecule has 0 aromatic carbocycles. The van der Waals surface area contributed by atoms with Gasteiger partial charge in [0.15, 0.2) is 0 Å². The van der Waals surface area contributed by atoms with Crippen LogP contribution < -0.4 is 5.73 Å². The van der Waals surface area contributed by atoms with Gasteiger partial charge in [0.2, 0.25) is 0 Å². The van der Waals surface area contributed by atoms with Gasteiger partial charge >= 0.3 is 0 Å². The van der Waals surface area contributed by atoms with Crippen molar-refractivity contribution in [3.8, 4) is 0 Å². The maximum Gasteiger partial charge on any atom is 0.0731 e. The van der Waals surface area contributed by atoms with Crippen molar-refractivity contribution in [2.24, 2.45) is 5.73 Å². The second kappa shape index (κ2) is 3.51. The third kappa shape index (κ3) is 1.64. The van der Waals surface area contributed by atoms with Crippen molar-refractivity contribution in [1.29, 1.82) is 5.41 Å². The molecular weight excluding hydrogens is 138 g/mol. The number of rotatable bonds is 2. The van der Waals surface area contributed by atoms with E-state index >= 15 is 0 Å².